The fourth-order valence-corrected chi connectivity index (χ4v) is 1.77. The molecule has 0 bridgehead atoms. The highest BCUT2D eigenvalue weighted by Gasteiger charge is 2.11. The lowest BCUT2D eigenvalue weighted by molar-refractivity contribution is -0.0504. The lowest BCUT2D eigenvalue weighted by atomic mass is 10.2. The van der Waals surface area contributed by atoms with Gasteiger partial charge in [-0.05, 0) is 31.5 Å². The summed E-state index contributed by atoms with van der Waals surface area (Å²) >= 11 is 0. The number of benzene rings is 1. The van der Waals surface area contributed by atoms with Crippen molar-refractivity contribution in [3.05, 3.63) is 23.8 Å². The molecule has 0 amide bonds. The highest BCUT2D eigenvalue weighted by molar-refractivity contribution is 5.79. The standard InChI is InChI=1S/C15H23F2N3O2/c1-4-8-19-15(18-5-2)20-10-11-9-12(21-3)6-7-13(11)22-14(16)17/h6-7,9,14H,4-5,8,10H2,1-3H3,(H2,18,19,20). The van der Waals surface area contributed by atoms with Gasteiger partial charge >= 0.3 is 6.61 Å². The van der Waals surface area contributed by atoms with Crippen LogP contribution in [0.4, 0.5) is 8.78 Å². The Bertz CT molecular complexity index is 482. The summed E-state index contributed by atoms with van der Waals surface area (Å²) in [6, 6.07) is 4.68. The molecule has 0 fully saturated rings. The van der Waals surface area contributed by atoms with Crippen molar-refractivity contribution in [1.29, 1.82) is 0 Å². The molecule has 0 heterocycles. The number of halogens is 2. The van der Waals surface area contributed by atoms with Crippen LogP contribution in [0.5, 0.6) is 11.5 Å². The summed E-state index contributed by atoms with van der Waals surface area (Å²) in [7, 11) is 1.52. The van der Waals surface area contributed by atoms with E-state index in [4.69, 9.17) is 4.74 Å². The predicted octanol–water partition coefficient (Wildman–Crippen LogP) is 2.76. The summed E-state index contributed by atoms with van der Waals surface area (Å²) in [4.78, 5) is 4.38. The van der Waals surface area contributed by atoms with Crippen LogP contribution in [0, 0.1) is 0 Å². The fraction of sp³-hybridized carbons (Fsp3) is 0.533. The van der Waals surface area contributed by atoms with E-state index in [9.17, 15) is 8.78 Å². The number of methoxy groups -OCH3 is 1. The Hall–Kier alpha value is -2.05. The zero-order valence-electron chi connectivity index (χ0n) is 13.2. The average molecular weight is 315 g/mol. The molecular formula is C15H23F2N3O2. The number of aliphatic imine (C=N–C) groups is 1. The first-order valence-electron chi connectivity index (χ1n) is 7.24. The van der Waals surface area contributed by atoms with Crippen LogP contribution in [-0.2, 0) is 6.54 Å². The van der Waals surface area contributed by atoms with Gasteiger partial charge in [0.2, 0.25) is 0 Å². The maximum Gasteiger partial charge on any atom is 0.387 e. The zero-order valence-corrected chi connectivity index (χ0v) is 13.2. The molecule has 0 atom stereocenters. The smallest absolute Gasteiger partial charge is 0.387 e. The van der Waals surface area contributed by atoms with Crippen LogP contribution in [0.2, 0.25) is 0 Å². The molecular weight excluding hydrogens is 292 g/mol. The van der Waals surface area contributed by atoms with Crippen molar-refractivity contribution in [3.8, 4) is 11.5 Å². The zero-order chi connectivity index (χ0) is 16.4. The lowest BCUT2D eigenvalue weighted by Crippen LogP contribution is -2.37. The fourth-order valence-electron chi connectivity index (χ4n) is 1.77. The Kier molecular flexibility index (Phi) is 8.03. The number of hydrogen-bond donors (Lipinski definition) is 2. The second-order valence-corrected chi connectivity index (χ2v) is 4.47. The molecule has 0 unspecified atom stereocenters. The normalized spacial score (nSPS) is 11.5. The molecule has 2 N–H and O–H groups in total. The second-order valence-electron chi connectivity index (χ2n) is 4.47. The summed E-state index contributed by atoms with van der Waals surface area (Å²) in [5, 5.41) is 6.24. The lowest BCUT2D eigenvalue weighted by Gasteiger charge is -2.13. The molecule has 0 saturated carbocycles. The molecule has 0 aromatic heterocycles. The molecule has 0 spiro atoms. The van der Waals surface area contributed by atoms with Crippen molar-refractivity contribution < 1.29 is 18.3 Å². The number of alkyl halides is 2. The van der Waals surface area contributed by atoms with Gasteiger partial charge in [0, 0.05) is 18.7 Å². The summed E-state index contributed by atoms with van der Waals surface area (Å²) in [6.45, 7) is 2.84. The molecule has 5 nitrogen and oxygen atoms in total. The predicted molar refractivity (Wildman–Crippen MR) is 82.7 cm³/mol. The van der Waals surface area contributed by atoms with Gasteiger partial charge in [-0.2, -0.15) is 8.78 Å². The van der Waals surface area contributed by atoms with Crippen LogP contribution >= 0.6 is 0 Å². The molecule has 0 aliphatic heterocycles. The monoisotopic (exact) mass is 315 g/mol. The van der Waals surface area contributed by atoms with Gasteiger partial charge in [-0.15, -0.1) is 0 Å². The van der Waals surface area contributed by atoms with Crippen molar-refractivity contribution in [2.24, 2.45) is 4.99 Å². The van der Waals surface area contributed by atoms with Gasteiger partial charge in [-0.3, -0.25) is 0 Å². The minimum Gasteiger partial charge on any atom is -0.497 e. The van der Waals surface area contributed by atoms with E-state index in [1.165, 1.54) is 13.2 Å². The maximum atomic E-state index is 12.5. The van der Waals surface area contributed by atoms with Crippen molar-refractivity contribution in [1.82, 2.24) is 10.6 Å². The van der Waals surface area contributed by atoms with Crippen LogP contribution < -0.4 is 20.1 Å². The minimum atomic E-state index is -2.87. The van der Waals surface area contributed by atoms with E-state index in [0.717, 1.165) is 13.0 Å². The third kappa shape index (κ3) is 6.15. The quantitative estimate of drug-likeness (QED) is 0.572. The van der Waals surface area contributed by atoms with Crippen molar-refractivity contribution in [2.75, 3.05) is 20.2 Å². The van der Waals surface area contributed by atoms with Crippen LogP contribution in [-0.4, -0.2) is 32.8 Å². The molecule has 7 heteroatoms. The summed E-state index contributed by atoms with van der Waals surface area (Å²) in [5.41, 5.74) is 0.536. The average Bonchev–Trinajstić information content (AvgIpc) is 2.50. The number of nitrogens with zero attached hydrogens (tertiary/aromatic N) is 1. The molecule has 22 heavy (non-hydrogen) atoms. The Morgan fingerprint density at radius 3 is 2.64 bits per heavy atom. The summed E-state index contributed by atoms with van der Waals surface area (Å²) < 4.78 is 34.5. The van der Waals surface area contributed by atoms with Crippen LogP contribution in [0.25, 0.3) is 0 Å². The first-order valence-corrected chi connectivity index (χ1v) is 7.24. The van der Waals surface area contributed by atoms with E-state index in [0.29, 0.717) is 23.8 Å². The van der Waals surface area contributed by atoms with Gasteiger partial charge in [0.1, 0.15) is 11.5 Å². The Morgan fingerprint density at radius 2 is 2.05 bits per heavy atom. The molecule has 0 radical (unpaired) electrons. The second kappa shape index (κ2) is 9.81. The van der Waals surface area contributed by atoms with E-state index in [1.54, 1.807) is 12.1 Å². The van der Waals surface area contributed by atoms with Gasteiger partial charge in [0.15, 0.2) is 5.96 Å². The topological polar surface area (TPSA) is 54.9 Å². The molecule has 0 aliphatic rings. The Labute approximate surface area is 129 Å². The first kappa shape index (κ1) is 18.0. The van der Waals surface area contributed by atoms with Gasteiger partial charge < -0.3 is 20.1 Å². The van der Waals surface area contributed by atoms with Crippen molar-refractivity contribution >= 4 is 5.96 Å². The van der Waals surface area contributed by atoms with Gasteiger partial charge in [0.25, 0.3) is 0 Å². The SMILES string of the molecule is CCCNC(=NCc1cc(OC)ccc1OC(F)F)NCC. The van der Waals surface area contributed by atoms with Gasteiger partial charge in [-0.25, -0.2) is 4.99 Å². The van der Waals surface area contributed by atoms with Crippen LogP contribution in [0.15, 0.2) is 23.2 Å². The molecule has 0 aliphatic carbocycles. The van der Waals surface area contributed by atoms with Gasteiger partial charge in [0.05, 0.1) is 13.7 Å². The highest BCUT2D eigenvalue weighted by atomic mass is 19.3. The number of rotatable bonds is 8. The Morgan fingerprint density at radius 1 is 1.27 bits per heavy atom. The highest BCUT2D eigenvalue weighted by Crippen LogP contribution is 2.26. The third-order valence-electron chi connectivity index (χ3n) is 2.78. The first-order chi connectivity index (χ1) is 10.6. The number of nitrogens with one attached hydrogen (secondary N) is 2. The van der Waals surface area contributed by atoms with E-state index >= 15 is 0 Å². The number of guanidine groups is 1. The molecule has 1 aromatic rings. The number of ether oxygens (including phenoxy) is 2. The summed E-state index contributed by atoms with van der Waals surface area (Å²) in [5.74, 6) is 1.30. The van der Waals surface area contributed by atoms with Crippen molar-refractivity contribution in [3.63, 3.8) is 0 Å². The minimum absolute atomic E-state index is 0.103. The van der Waals surface area contributed by atoms with Gasteiger partial charge in [-0.1, -0.05) is 6.92 Å². The van der Waals surface area contributed by atoms with E-state index in [1.807, 2.05) is 13.8 Å². The Balaban J connectivity index is 2.91. The molecule has 0 saturated heterocycles. The molecule has 1 rings (SSSR count). The van der Waals surface area contributed by atoms with E-state index in [-0.39, 0.29) is 12.3 Å². The van der Waals surface area contributed by atoms with E-state index < -0.39 is 6.61 Å². The number of hydrogen-bond acceptors (Lipinski definition) is 3. The van der Waals surface area contributed by atoms with Crippen LogP contribution in [0.1, 0.15) is 25.8 Å². The largest absolute Gasteiger partial charge is 0.497 e. The summed E-state index contributed by atoms with van der Waals surface area (Å²) in [6.07, 6.45) is 0.962. The molecule has 124 valence electrons. The maximum absolute atomic E-state index is 12.5. The third-order valence-corrected chi connectivity index (χ3v) is 2.78. The van der Waals surface area contributed by atoms with Crippen molar-refractivity contribution in [2.45, 2.75) is 33.4 Å². The van der Waals surface area contributed by atoms with Crippen LogP contribution in [0.3, 0.4) is 0 Å². The molecule has 1 aromatic carbocycles. The van der Waals surface area contributed by atoms with E-state index in [2.05, 4.69) is 20.4 Å².